The number of carbonyl (C=O) groups excluding carboxylic acids is 1. The number of nitrogens with one attached hydrogen (secondary N) is 1. The first-order chi connectivity index (χ1) is 10.2. The van der Waals surface area contributed by atoms with Gasteiger partial charge >= 0.3 is 6.03 Å². The van der Waals surface area contributed by atoms with Crippen LogP contribution in [0.2, 0.25) is 0 Å². The van der Waals surface area contributed by atoms with Gasteiger partial charge in [0, 0.05) is 24.7 Å². The summed E-state index contributed by atoms with van der Waals surface area (Å²) in [5.41, 5.74) is 0.594. The maximum absolute atomic E-state index is 12.9. The molecule has 2 heterocycles. The van der Waals surface area contributed by atoms with Crippen molar-refractivity contribution in [1.29, 1.82) is 0 Å². The summed E-state index contributed by atoms with van der Waals surface area (Å²) in [6.45, 7) is 2.60. The molecule has 1 atom stereocenters. The summed E-state index contributed by atoms with van der Waals surface area (Å²) >= 11 is 0. The molecular weight excluding hydrogens is 275 g/mol. The number of nitrogens with zero attached hydrogens (tertiary/aromatic N) is 1. The molecule has 1 aromatic carbocycles. The Morgan fingerprint density at radius 3 is 2.67 bits per heavy atom. The first kappa shape index (κ1) is 14.3. The number of hydrogen-bond acceptors (Lipinski definition) is 3. The fourth-order valence-corrected chi connectivity index (χ4v) is 2.80. The highest BCUT2D eigenvalue weighted by Gasteiger charge is 2.32. The molecule has 2 aliphatic heterocycles. The fourth-order valence-electron chi connectivity index (χ4n) is 2.80. The lowest BCUT2D eigenvalue weighted by Gasteiger charge is -2.34. The summed E-state index contributed by atoms with van der Waals surface area (Å²) in [6.07, 6.45) is 1.75. The summed E-state index contributed by atoms with van der Waals surface area (Å²) in [6, 6.07) is 5.60. The average molecular weight is 294 g/mol. The van der Waals surface area contributed by atoms with E-state index in [2.05, 4.69) is 5.32 Å². The summed E-state index contributed by atoms with van der Waals surface area (Å²) < 4.78 is 23.9. The number of hydrogen-bond donors (Lipinski definition) is 1. The first-order valence-corrected chi connectivity index (χ1v) is 7.27. The van der Waals surface area contributed by atoms with Gasteiger partial charge in [0.1, 0.15) is 5.82 Å². The van der Waals surface area contributed by atoms with E-state index in [-0.39, 0.29) is 24.1 Å². The van der Waals surface area contributed by atoms with Crippen LogP contribution in [0.25, 0.3) is 0 Å². The quantitative estimate of drug-likeness (QED) is 0.911. The van der Waals surface area contributed by atoms with Crippen LogP contribution in [-0.4, -0.2) is 43.5 Å². The van der Waals surface area contributed by atoms with Gasteiger partial charge in [0.15, 0.2) is 6.29 Å². The minimum absolute atomic E-state index is 0.163. The van der Waals surface area contributed by atoms with E-state index in [1.807, 2.05) is 0 Å². The summed E-state index contributed by atoms with van der Waals surface area (Å²) in [7, 11) is 0. The number of halogens is 1. The number of carbonyl (C=O) groups is 1. The van der Waals surface area contributed by atoms with Gasteiger partial charge < -0.3 is 19.7 Å². The summed E-state index contributed by atoms with van der Waals surface area (Å²) in [5.74, 6) is -0.0956. The summed E-state index contributed by atoms with van der Waals surface area (Å²) in [4.78, 5) is 14.0. The highest BCUT2D eigenvalue weighted by molar-refractivity contribution is 5.89. The molecule has 2 saturated heterocycles. The number of rotatable bonds is 2. The van der Waals surface area contributed by atoms with Gasteiger partial charge in [-0.05, 0) is 37.1 Å². The molecule has 0 bridgehead atoms. The molecule has 6 heteroatoms. The molecule has 2 amide bonds. The highest BCUT2D eigenvalue weighted by Crippen LogP contribution is 2.25. The number of anilines is 1. The van der Waals surface area contributed by atoms with Crippen molar-refractivity contribution in [2.45, 2.75) is 19.1 Å². The van der Waals surface area contributed by atoms with Crippen LogP contribution < -0.4 is 5.32 Å². The average Bonchev–Trinajstić information content (AvgIpc) is 3.04. The van der Waals surface area contributed by atoms with Gasteiger partial charge in [-0.15, -0.1) is 0 Å². The Morgan fingerprint density at radius 1 is 1.24 bits per heavy atom. The normalized spacial score (nSPS) is 23.3. The zero-order valence-electron chi connectivity index (χ0n) is 11.8. The minimum Gasteiger partial charge on any atom is -0.350 e. The largest absolute Gasteiger partial charge is 0.350 e. The van der Waals surface area contributed by atoms with E-state index in [1.54, 1.807) is 17.0 Å². The van der Waals surface area contributed by atoms with Gasteiger partial charge in [0.2, 0.25) is 0 Å². The van der Waals surface area contributed by atoms with E-state index in [0.29, 0.717) is 25.4 Å². The van der Waals surface area contributed by atoms with Crippen LogP contribution in [0.4, 0.5) is 14.9 Å². The fraction of sp³-hybridized carbons (Fsp3) is 0.533. The zero-order valence-corrected chi connectivity index (χ0v) is 11.8. The van der Waals surface area contributed by atoms with Crippen molar-refractivity contribution in [2.24, 2.45) is 5.92 Å². The predicted molar refractivity (Wildman–Crippen MR) is 75.4 cm³/mol. The molecule has 21 heavy (non-hydrogen) atoms. The number of benzene rings is 1. The third kappa shape index (κ3) is 3.51. The van der Waals surface area contributed by atoms with Gasteiger partial charge in [-0.25, -0.2) is 9.18 Å². The first-order valence-electron chi connectivity index (χ1n) is 7.27. The molecule has 0 aliphatic carbocycles. The second-order valence-electron chi connectivity index (χ2n) is 5.40. The molecule has 3 rings (SSSR count). The monoisotopic (exact) mass is 294 g/mol. The molecule has 0 saturated carbocycles. The molecule has 0 radical (unpaired) electrons. The van der Waals surface area contributed by atoms with Gasteiger partial charge in [0.05, 0.1) is 13.2 Å². The molecule has 2 aliphatic rings. The number of ether oxygens (including phenoxy) is 2. The topological polar surface area (TPSA) is 50.8 Å². The van der Waals surface area contributed by atoms with E-state index in [1.165, 1.54) is 12.1 Å². The molecule has 0 spiro atoms. The number of urea groups is 1. The Hall–Kier alpha value is -1.66. The number of amides is 2. The lowest BCUT2D eigenvalue weighted by molar-refractivity contribution is -0.0959. The van der Waals surface area contributed by atoms with Gasteiger partial charge in [-0.1, -0.05) is 0 Å². The molecule has 2 fully saturated rings. The summed E-state index contributed by atoms with van der Waals surface area (Å²) in [5, 5.41) is 2.79. The highest BCUT2D eigenvalue weighted by atomic mass is 19.1. The van der Waals surface area contributed by atoms with E-state index in [4.69, 9.17) is 9.47 Å². The Balaban J connectivity index is 1.57. The van der Waals surface area contributed by atoms with E-state index in [0.717, 1.165) is 19.4 Å². The van der Waals surface area contributed by atoms with Crippen LogP contribution in [-0.2, 0) is 9.47 Å². The molecule has 5 nitrogen and oxygen atoms in total. The van der Waals surface area contributed by atoms with Crippen LogP contribution in [0.5, 0.6) is 0 Å². The van der Waals surface area contributed by atoms with Crippen molar-refractivity contribution in [3.05, 3.63) is 30.1 Å². The molecule has 114 valence electrons. The zero-order chi connectivity index (χ0) is 14.7. The molecule has 1 N–H and O–H groups in total. The third-order valence-corrected chi connectivity index (χ3v) is 3.87. The molecule has 1 unspecified atom stereocenters. The Kier molecular flexibility index (Phi) is 4.36. The Labute approximate surface area is 123 Å². The molecule has 1 aromatic rings. The van der Waals surface area contributed by atoms with E-state index >= 15 is 0 Å². The standard InChI is InChI=1S/C15H19FN2O3/c16-12-3-5-13(6-4-12)17-15(19)18-7-1-2-11(10-18)14-20-8-9-21-14/h3-6,11,14H,1-2,7-10H2,(H,17,19). The SMILES string of the molecule is O=C(Nc1ccc(F)cc1)N1CCCC(C2OCCO2)C1. The number of piperidine rings is 1. The van der Waals surface area contributed by atoms with Crippen molar-refractivity contribution in [3.8, 4) is 0 Å². The second kappa shape index (κ2) is 6.41. The Bertz CT molecular complexity index is 488. The maximum atomic E-state index is 12.9. The van der Waals surface area contributed by atoms with Crippen LogP contribution in [0, 0.1) is 11.7 Å². The third-order valence-electron chi connectivity index (χ3n) is 3.87. The van der Waals surface area contributed by atoms with Crippen molar-refractivity contribution in [1.82, 2.24) is 4.90 Å². The lowest BCUT2D eigenvalue weighted by Crippen LogP contribution is -2.45. The van der Waals surface area contributed by atoms with Crippen LogP contribution in [0.1, 0.15) is 12.8 Å². The van der Waals surface area contributed by atoms with Crippen molar-refractivity contribution in [2.75, 3.05) is 31.6 Å². The van der Waals surface area contributed by atoms with E-state index in [9.17, 15) is 9.18 Å². The van der Waals surface area contributed by atoms with Gasteiger partial charge in [-0.2, -0.15) is 0 Å². The van der Waals surface area contributed by atoms with Crippen LogP contribution >= 0.6 is 0 Å². The van der Waals surface area contributed by atoms with E-state index < -0.39 is 0 Å². The van der Waals surface area contributed by atoms with Crippen molar-refractivity contribution >= 4 is 11.7 Å². The smallest absolute Gasteiger partial charge is 0.321 e. The maximum Gasteiger partial charge on any atom is 0.321 e. The van der Waals surface area contributed by atoms with Gasteiger partial charge in [-0.3, -0.25) is 0 Å². The lowest BCUT2D eigenvalue weighted by atomic mass is 9.98. The molecule has 0 aromatic heterocycles. The van der Waals surface area contributed by atoms with Crippen molar-refractivity contribution < 1.29 is 18.7 Å². The van der Waals surface area contributed by atoms with Crippen LogP contribution in [0.3, 0.4) is 0 Å². The molecular formula is C15H19FN2O3. The van der Waals surface area contributed by atoms with Gasteiger partial charge in [0.25, 0.3) is 0 Å². The predicted octanol–water partition coefficient (Wildman–Crippen LogP) is 2.44. The number of likely N-dealkylation sites (tertiary alicyclic amines) is 1. The van der Waals surface area contributed by atoms with Crippen molar-refractivity contribution in [3.63, 3.8) is 0 Å². The Morgan fingerprint density at radius 2 is 1.95 bits per heavy atom. The van der Waals surface area contributed by atoms with Crippen LogP contribution in [0.15, 0.2) is 24.3 Å². The second-order valence-corrected chi connectivity index (χ2v) is 5.40. The minimum atomic E-state index is -0.318.